The van der Waals surface area contributed by atoms with Crippen molar-refractivity contribution >= 4 is 12.0 Å². The van der Waals surface area contributed by atoms with E-state index < -0.39 is 5.97 Å². The number of hydrogen-bond donors (Lipinski definition) is 0. The Morgan fingerprint density at radius 3 is 3.00 bits per heavy atom. The molecule has 0 saturated heterocycles. The Hall–Kier alpha value is -1.84. The Morgan fingerprint density at radius 2 is 2.36 bits per heavy atom. The molecular formula is C10H11NO3. The third-order valence-corrected chi connectivity index (χ3v) is 1.46. The lowest BCUT2D eigenvalue weighted by Gasteiger charge is -1.88. The molecule has 0 atom stereocenters. The van der Waals surface area contributed by atoms with E-state index in [0.29, 0.717) is 5.89 Å². The summed E-state index contributed by atoms with van der Waals surface area (Å²) in [5.41, 5.74) is 0.174. The van der Waals surface area contributed by atoms with E-state index in [0.717, 1.165) is 0 Å². The van der Waals surface area contributed by atoms with Crippen LogP contribution in [0.4, 0.5) is 0 Å². The van der Waals surface area contributed by atoms with Gasteiger partial charge in [-0.15, -0.1) is 0 Å². The van der Waals surface area contributed by atoms with E-state index in [1.807, 2.05) is 19.1 Å². The molecule has 1 heterocycles. The molecule has 0 spiro atoms. The van der Waals surface area contributed by atoms with Gasteiger partial charge >= 0.3 is 5.97 Å². The second-order valence-corrected chi connectivity index (χ2v) is 2.45. The van der Waals surface area contributed by atoms with E-state index >= 15 is 0 Å². The Labute approximate surface area is 81.9 Å². The molecule has 0 N–H and O–H groups in total. The number of allylic oxidation sites excluding steroid dienone is 3. The first-order valence-corrected chi connectivity index (χ1v) is 4.11. The first kappa shape index (κ1) is 10.2. The zero-order valence-electron chi connectivity index (χ0n) is 8.06. The maximum atomic E-state index is 11.0. The normalized spacial score (nSPS) is 11.3. The first-order chi connectivity index (χ1) is 6.77. The summed E-state index contributed by atoms with van der Waals surface area (Å²) < 4.78 is 9.48. The van der Waals surface area contributed by atoms with Crippen molar-refractivity contribution < 1.29 is 13.9 Å². The Kier molecular flexibility index (Phi) is 3.67. The molecule has 0 fully saturated rings. The second-order valence-electron chi connectivity index (χ2n) is 2.45. The van der Waals surface area contributed by atoms with Crippen LogP contribution in [0.25, 0.3) is 6.08 Å². The first-order valence-electron chi connectivity index (χ1n) is 4.11. The molecule has 4 heteroatoms. The van der Waals surface area contributed by atoms with E-state index in [1.165, 1.54) is 13.4 Å². The molecule has 0 amide bonds. The van der Waals surface area contributed by atoms with E-state index in [4.69, 9.17) is 4.42 Å². The fourth-order valence-electron chi connectivity index (χ4n) is 0.811. The van der Waals surface area contributed by atoms with Crippen LogP contribution < -0.4 is 0 Å². The molecule has 0 aliphatic carbocycles. The molecule has 4 nitrogen and oxygen atoms in total. The van der Waals surface area contributed by atoms with Crippen molar-refractivity contribution in [2.24, 2.45) is 0 Å². The molecule has 0 aliphatic rings. The number of methoxy groups -OCH3 is 1. The van der Waals surface area contributed by atoms with Gasteiger partial charge in [-0.05, 0) is 6.92 Å². The van der Waals surface area contributed by atoms with E-state index in [1.54, 1.807) is 12.2 Å². The van der Waals surface area contributed by atoms with E-state index in [-0.39, 0.29) is 5.69 Å². The predicted molar refractivity (Wildman–Crippen MR) is 51.7 cm³/mol. The lowest BCUT2D eigenvalue weighted by atomic mass is 10.4. The van der Waals surface area contributed by atoms with Crippen molar-refractivity contribution in [1.82, 2.24) is 4.98 Å². The molecule has 14 heavy (non-hydrogen) atoms. The van der Waals surface area contributed by atoms with Gasteiger partial charge in [0.15, 0.2) is 5.69 Å². The van der Waals surface area contributed by atoms with Gasteiger partial charge < -0.3 is 9.15 Å². The third kappa shape index (κ3) is 2.58. The van der Waals surface area contributed by atoms with Crippen molar-refractivity contribution in [3.05, 3.63) is 36.1 Å². The molecule has 0 aromatic carbocycles. The van der Waals surface area contributed by atoms with Gasteiger partial charge in [-0.3, -0.25) is 0 Å². The van der Waals surface area contributed by atoms with E-state index in [9.17, 15) is 4.79 Å². The molecule has 1 aromatic heterocycles. The number of esters is 1. The standard InChI is InChI=1S/C10H11NO3/c1-3-4-5-6-9-11-8(7-14-9)10(12)13-2/h3-7H,1-2H3/b4-3+,6-5+. The summed E-state index contributed by atoms with van der Waals surface area (Å²) in [6.07, 6.45) is 8.41. The van der Waals surface area contributed by atoms with Crippen LogP contribution in [0, 0.1) is 0 Å². The summed E-state index contributed by atoms with van der Waals surface area (Å²) >= 11 is 0. The number of rotatable bonds is 3. The maximum Gasteiger partial charge on any atom is 0.360 e. The van der Waals surface area contributed by atoms with Crippen LogP contribution in [0.5, 0.6) is 0 Å². The fraction of sp³-hybridized carbons (Fsp3) is 0.200. The summed E-state index contributed by atoms with van der Waals surface area (Å²) in [7, 11) is 1.30. The Bertz CT molecular complexity index is 363. The number of hydrogen-bond acceptors (Lipinski definition) is 4. The van der Waals surface area contributed by atoms with E-state index in [2.05, 4.69) is 9.72 Å². The zero-order valence-corrected chi connectivity index (χ0v) is 8.06. The average Bonchev–Trinajstić information content (AvgIpc) is 2.66. The van der Waals surface area contributed by atoms with Crippen LogP contribution in [-0.4, -0.2) is 18.1 Å². The predicted octanol–water partition coefficient (Wildman–Crippen LogP) is 2.05. The molecule has 74 valence electrons. The number of carbonyl (C=O) groups excluding carboxylic acids is 1. The maximum absolute atomic E-state index is 11.0. The highest BCUT2D eigenvalue weighted by molar-refractivity contribution is 5.86. The van der Waals surface area contributed by atoms with Crippen LogP contribution in [0.2, 0.25) is 0 Å². The number of oxazole rings is 1. The van der Waals surface area contributed by atoms with Crippen molar-refractivity contribution in [1.29, 1.82) is 0 Å². The van der Waals surface area contributed by atoms with Gasteiger partial charge in [0, 0.05) is 6.08 Å². The van der Waals surface area contributed by atoms with Crippen molar-refractivity contribution in [2.75, 3.05) is 7.11 Å². The van der Waals surface area contributed by atoms with Crippen LogP contribution in [-0.2, 0) is 4.74 Å². The second kappa shape index (κ2) is 5.01. The van der Waals surface area contributed by atoms with Gasteiger partial charge in [-0.1, -0.05) is 18.2 Å². The molecule has 0 radical (unpaired) electrons. The summed E-state index contributed by atoms with van der Waals surface area (Å²) in [5, 5.41) is 0. The molecule has 0 saturated carbocycles. The lowest BCUT2D eigenvalue weighted by molar-refractivity contribution is 0.0594. The van der Waals surface area contributed by atoms with Gasteiger partial charge in [0.2, 0.25) is 5.89 Å². The molecule has 0 bridgehead atoms. The average molecular weight is 193 g/mol. The number of aromatic nitrogens is 1. The number of nitrogens with zero attached hydrogens (tertiary/aromatic N) is 1. The van der Waals surface area contributed by atoms with Crippen LogP contribution in [0.15, 0.2) is 28.9 Å². The Morgan fingerprint density at radius 1 is 1.57 bits per heavy atom. The highest BCUT2D eigenvalue weighted by Gasteiger charge is 2.09. The highest BCUT2D eigenvalue weighted by atomic mass is 16.5. The summed E-state index contributed by atoms with van der Waals surface area (Å²) in [5.74, 6) is -0.122. The minimum absolute atomic E-state index is 0.174. The monoisotopic (exact) mass is 193 g/mol. The summed E-state index contributed by atoms with van der Waals surface area (Å²) in [4.78, 5) is 14.9. The summed E-state index contributed by atoms with van der Waals surface area (Å²) in [6.45, 7) is 1.90. The van der Waals surface area contributed by atoms with Crippen LogP contribution in [0.1, 0.15) is 23.3 Å². The number of ether oxygens (including phenoxy) is 1. The van der Waals surface area contributed by atoms with Crippen LogP contribution in [0.3, 0.4) is 0 Å². The lowest BCUT2D eigenvalue weighted by Crippen LogP contribution is -2.00. The Balaban J connectivity index is 2.73. The summed E-state index contributed by atoms with van der Waals surface area (Å²) in [6, 6.07) is 0. The van der Waals surface area contributed by atoms with Gasteiger partial charge in [0.25, 0.3) is 0 Å². The van der Waals surface area contributed by atoms with Crippen molar-refractivity contribution in [3.63, 3.8) is 0 Å². The fourth-order valence-corrected chi connectivity index (χ4v) is 0.811. The van der Waals surface area contributed by atoms with Gasteiger partial charge in [-0.25, -0.2) is 9.78 Å². The van der Waals surface area contributed by atoms with Gasteiger partial charge in [0.05, 0.1) is 7.11 Å². The molecule has 0 unspecified atom stereocenters. The minimum Gasteiger partial charge on any atom is -0.464 e. The van der Waals surface area contributed by atoms with Crippen LogP contribution >= 0.6 is 0 Å². The highest BCUT2D eigenvalue weighted by Crippen LogP contribution is 2.05. The van der Waals surface area contributed by atoms with Crippen molar-refractivity contribution in [2.45, 2.75) is 6.92 Å². The number of carbonyl (C=O) groups is 1. The van der Waals surface area contributed by atoms with Gasteiger partial charge in [-0.2, -0.15) is 0 Å². The largest absolute Gasteiger partial charge is 0.464 e. The quantitative estimate of drug-likeness (QED) is 0.544. The van der Waals surface area contributed by atoms with Gasteiger partial charge in [0.1, 0.15) is 6.26 Å². The minimum atomic E-state index is -0.501. The molecule has 1 rings (SSSR count). The van der Waals surface area contributed by atoms with Crippen molar-refractivity contribution in [3.8, 4) is 0 Å². The third-order valence-electron chi connectivity index (χ3n) is 1.46. The SMILES string of the molecule is C/C=C/C=C/c1nc(C(=O)OC)co1. The molecule has 0 aliphatic heterocycles. The molecular weight excluding hydrogens is 182 g/mol. The smallest absolute Gasteiger partial charge is 0.360 e. The molecule has 1 aromatic rings. The topological polar surface area (TPSA) is 52.3 Å². The zero-order chi connectivity index (χ0) is 10.4.